The van der Waals surface area contributed by atoms with Crippen molar-refractivity contribution in [3.05, 3.63) is 42.1 Å². The molecule has 5 heteroatoms. The van der Waals surface area contributed by atoms with Crippen molar-refractivity contribution in [2.75, 3.05) is 26.3 Å². The highest BCUT2D eigenvalue weighted by atomic mass is 16.5. The Morgan fingerprint density at radius 2 is 1.93 bits per heavy atom. The molecule has 2 atom stereocenters. The minimum Gasteiger partial charge on any atom is -0.379 e. The van der Waals surface area contributed by atoms with E-state index in [1.54, 1.807) is 0 Å². The van der Waals surface area contributed by atoms with Gasteiger partial charge in [0.15, 0.2) is 0 Å². The van der Waals surface area contributed by atoms with E-state index in [-0.39, 0.29) is 0 Å². The zero-order chi connectivity index (χ0) is 19.6. The maximum atomic E-state index is 12.5. The number of amides is 1. The number of carbonyl (C=O) groups excluding carboxylic acids is 1. The van der Waals surface area contributed by atoms with Crippen LogP contribution in [0.5, 0.6) is 0 Å². The van der Waals surface area contributed by atoms with Crippen LogP contribution in [0.1, 0.15) is 37.7 Å². The van der Waals surface area contributed by atoms with Crippen LogP contribution < -0.4 is 5.32 Å². The van der Waals surface area contributed by atoms with Crippen LogP contribution in [-0.4, -0.2) is 54.2 Å². The number of hydrogen-bond donors (Lipinski definition) is 1. The highest BCUT2D eigenvalue weighted by Crippen LogP contribution is 2.30. The van der Waals surface area contributed by atoms with Gasteiger partial charge in [-0.2, -0.15) is 0 Å². The third-order valence-electron chi connectivity index (χ3n) is 7.13. The number of ether oxygens (including phenoxy) is 1. The number of pyridine rings is 1. The van der Waals surface area contributed by atoms with Gasteiger partial charge in [0.1, 0.15) is 0 Å². The van der Waals surface area contributed by atoms with Gasteiger partial charge in [-0.3, -0.25) is 9.78 Å². The molecule has 5 nitrogen and oxygen atoms in total. The second kappa shape index (κ2) is 8.41. The Labute approximate surface area is 172 Å². The molecule has 1 aromatic heterocycles. The van der Waals surface area contributed by atoms with Crippen LogP contribution >= 0.6 is 0 Å². The molecule has 3 aliphatic rings. The number of piperidine rings is 1. The Morgan fingerprint density at radius 1 is 1.10 bits per heavy atom. The highest BCUT2D eigenvalue weighted by Gasteiger charge is 2.34. The van der Waals surface area contributed by atoms with Crippen molar-refractivity contribution >= 4 is 16.8 Å². The van der Waals surface area contributed by atoms with Gasteiger partial charge < -0.3 is 15.0 Å². The lowest BCUT2D eigenvalue weighted by Crippen LogP contribution is -2.51. The second-order valence-corrected chi connectivity index (χ2v) is 8.99. The van der Waals surface area contributed by atoms with Gasteiger partial charge in [-0.1, -0.05) is 24.6 Å². The second-order valence-electron chi connectivity index (χ2n) is 8.99. The quantitative estimate of drug-likeness (QED) is 0.848. The minimum absolute atomic E-state index is 0.322. The van der Waals surface area contributed by atoms with E-state index in [2.05, 4.69) is 39.5 Å². The number of likely N-dealkylation sites (tertiary alicyclic amines) is 1. The number of fused-ring (bicyclic) bond motifs is 1. The number of rotatable bonds is 5. The molecule has 2 aliphatic heterocycles. The van der Waals surface area contributed by atoms with Crippen LogP contribution in [0, 0.1) is 11.8 Å². The van der Waals surface area contributed by atoms with Crippen molar-refractivity contribution in [2.45, 2.75) is 50.6 Å². The number of nitrogens with one attached hydrogen (secondary N) is 1. The monoisotopic (exact) mass is 393 g/mol. The van der Waals surface area contributed by atoms with Gasteiger partial charge >= 0.3 is 0 Å². The lowest BCUT2D eigenvalue weighted by atomic mass is 9.84. The number of carbonyl (C=O) groups is 1. The summed E-state index contributed by atoms with van der Waals surface area (Å²) in [4.78, 5) is 19.1. The maximum Gasteiger partial charge on any atom is 0.225 e. The predicted octanol–water partition coefficient (Wildman–Crippen LogP) is 3.17. The molecule has 3 fully saturated rings. The first-order valence-corrected chi connectivity index (χ1v) is 11.2. The van der Waals surface area contributed by atoms with Crippen LogP contribution in [0.3, 0.4) is 0 Å². The fourth-order valence-corrected chi connectivity index (χ4v) is 5.08. The van der Waals surface area contributed by atoms with Crippen molar-refractivity contribution < 1.29 is 9.53 Å². The summed E-state index contributed by atoms with van der Waals surface area (Å²) in [5, 5.41) is 5.13. The molecule has 2 aromatic rings. The van der Waals surface area contributed by atoms with Crippen LogP contribution in [0.15, 0.2) is 36.5 Å². The largest absolute Gasteiger partial charge is 0.379 e. The molecule has 1 saturated carbocycles. The minimum atomic E-state index is 0.322. The molecule has 1 aliphatic carbocycles. The van der Waals surface area contributed by atoms with Gasteiger partial charge in [-0.05, 0) is 49.8 Å². The van der Waals surface area contributed by atoms with Crippen molar-refractivity contribution in [2.24, 2.45) is 11.8 Å². The summed E-state index contributed by atoms with van der Waals surface area (Å²) in [6.45, 7) is 3.41. The summed E-state index contributed by atoms with van der Waals surface area (Å²) in [6, 6.07) is 11.4. The fourth-order valence-electron chi connectivity index (χ4n) is 5.08. The van der Waals surface area contributed by atoms with E-state index in [0.717, 1.165) is 63.9 Å². The van der Waals surface area contributed by atoms with Crippen molar-refractivity contribution in [3.8, 4) is 0 Å². The fraction of sp³-hybridized carbons (Fsp3) is 0.583. The molecule has 1 aromatic carbocycles. The van der Waals surface area contributed by atoms with E-state index in [9.17, 15) is 4.79 Å². The normalized spacial score (nSPS) is 26.0. The zero-order valence-corrected chi connectivity index (χ0v) is 17.1. The van der Waals surface area contributed by atoms with Gasteiger partial charge in [-0.25, -0.2) is 0 Å². The molecular weight excluding hydrogens is 362 g/mol. The van der Waals surface area contributed by atoms with Gasteiger partial charge in [0.05, 0.1) is 18.7 Å². The molecule has 0 radical (unpaired) electrons. The molecule has 1 amide bonds. The maximum absolute atomic E-state index is 12.5. The first-order valence-electron chi connectivity index (χ1n) is 11.2. The third-order valence-corrected chi connectivity index (χ3v) is 7.13. The average Bonchev–Trinajstić information content (AvgIpc) is 3.14. The molecular formula is C24H31N3O2. The Kier molecular flexibility index (Phi) is 5.51. The Balaban J connectivity index is 1.18. The summed E-state index contributed by atoms with van der Waals surface area (Å²) in [5.74, 6) is 1.21. The molecule has 3 heterocycles. The summed E-state index contributed by atoms with van der Waals surface area (Å²) < 4.78 is 5.87. The number of nitrogens with zero attached hydrogens (tertiary/aromatic N) is 2. The zero-order valence-electron chi connectivity index (χ0n) is 17.1. The van der Waals surface area contributed by atoms with Crippen LogP contribution in [-0.2, 0) is 16.0 Å². The molecule has 0 spiro atoms. The predicted molar refractivity (Wildman–Crippen MR) is 114 cm³/mol. The molecule has 29 heavy (non-hydrogen) atoms. The van der Waals surface area contributed by atoms with E-state index in [4.69, 9.17) is 4.74 Å². The molecule has 0 unspecified atom stereocenters. The van der Waals surface area contributed by atoms with E-state index in [1.165, 1.54) is 17.4 Å². The standard InChI is InChI=1S/C24H31N3O2/c28-24(17-4-3-5-17)27-12-9-20(10-13-27)26-23-16-29-15-19(23)14-18-8-11-25-22-7-2-1-6-21(18)22/h1-2,6-8,11,17,19-20,23,26H,3-5,9-10,12-16H2/t19-,23+/m1/s1. The summed E-state index contributed by atoms with van der Waals surface area (Å²) in [6.07, 6.45) is 8.47. The molecule has 1 N–H and O–H groups in total. The SMILES string of the molecule is O=C(C1CCC1)N1CCC(N[C@H]2COC[C@H]2Cc2ccnc3ccccc23)CC1. The van der Waals surface area contributed by atoms with E-state index in [1.807, 2.05) is 12.3 Å². The smallest absolute Gasteiger partial charge is 0.225 e. The molecule has 5 rings (SSSR count). The number of aromatic nitrogens is 1. The van der Waals surface area contributed by atoms with Crippen molar-refractivity contribution in [1.82, 2.24) is 15.2 Å². The lowest BCUT2D eigenvalue weighted by Gasteiger charge is -2.38. The Hall–Kier alpha value is -1.98. The van der Waals surface area contributed by atoms with Gasteiger partial charge in [0.2, 0.25) is 5.91 Å². The number of benzene rings is 1. The van der Waals surface area contributed by atoms with E-state index in [0.29, 0.717) is 29.8 Å². The van der Waals surface area contributed by atoms with Gasteiger partial charge in [-0.15, -0.1) is 0 Å². The number of para-hydroxylation sites is 1. The number of hydrogen-bond acceptors (Lipinski definition) is 4. The average molecular weight is 394 g/mol. The summed E-state index contributed by atoms with van der Waals surface area (Å²) >= 11 is 0. The van der Waals surface area contributed by atoms with Gasteiger partial charge in [0, 0.05) is 48.6 Å². The summed E-state index contributed by atoms with van der Waals surface area (Å²) in [5.41, 5.74) is 2.43. The van der Waals surface area contributed by atoms with Crippen molar-refractivity contribution in [3.63, 3.8) is 0 Å². The lowest BCUT2D eigenvalue weighted by molar-refractivity contribution is -0.139. The molecule has 2 saturated heterocycles. The van der Waals surface area contributed by atoms with Gasteiger partial charge in [0.25, 0.3) is 0 Å². The highest BCUT2D eigenvalue weighted by molar-refractivity contribution is 5.82. The molecule has 154 valence electrons. The Bertz CT molecular complexity index is 853. The van der Waals surface area contributed by atoms with E-state index >= 15 is 0 Å². The third kappa shape index (κ3) is 4.03. The van der Waals surface area contributed by atoms with Crippen molar-refractivity contribution in [1.29, 1.82) is 0 Å². The molecule has 0 bridgehead atoms. The Morgan fingerprint density at radius 3 is 2.72 bits per heavy atom. The van der Waals surface area contributed by atoms with E-state index < -0.39 is 0 Å². The van der Waals surface area contributed by atoms with Crippen LogP contribution in [0.2, 0.25) is 0 Å². The first kappa shape index (κ1) is 19.0. The topological polar surface area (TPSA) is 54.5 Å². The van der Waals surface area contributed by atoms with Crippen LogP contribution in [0.25, 0.3) is 10.9 Å². The van der Waals surface area contributed by atoms with Crippen LogP contribution in [0.4, 0.5) is 0 Å². The first-order chi connectivity index (χ1) is 14.3. The summed E-state index contributed by atoms with van der Waals surface area (Å²) in [7, 11) is 0.